The molecule has 114 valence electrons. The van der Waals surface area contributed by atoms with Gasteiger partial charge in [0.15, 0.2) is 0 Å². The maximum absolute atomic E-state index is 11.9. The van der Waals surface area contributed by atoms with Gasteiger partial charge in [-0.25, -0.2) is 0 Å². The summed E-state index contributed by atoms with van der Waals surface area (Å²) in [5.74, 6) is -0.316. The van der Waals surface area contributed by atoms with Crippen molar-refractivity contribution in [3.63, 3.8) is 0 Å². The van der Waals surface area contributed by atoms with Gasteiger partial charge in [-0.05, 0) is 17.7 Å². The van der Waals surface area contributed by atoms with Crippen molar-refractivity contribution in [3.05, 3.63) is 65.7 Å². The molecule has 0 aromatic heterocycles. The Bertz CT molecular complexity index is 641. The average Bonchev–Trinajstić information content (AvgIpc) is 2.58. The monoisotopic (exact) mass is 297 g/mol. The number of hydrogen-bond donors (Lipinski definition) is 3. The molecule has 2 amide bonds. The second kappa shape index (κ2) is 7.83. The van der Waals surface area contributed by atoms with Gasteiger partial charge in [0.2, 0.25) is 5.91 Å². The molecule has 0 bridgehead atoms. The summed E-state index contributed by atoms with van der Waals surface area (Å²) in [6, 6.07) is 16.8. The molecule has 0 atom stereocenters. The summed E-state index contributed by atoms with van der Waals surface area (Å²) in [6.45, 7) is 0.597. The molecule has 0 aliphatic heterocycles. The fourth-order valence-corrected chi connectivity index (χ4v) is 2.00. The van der Waals surface area contributed by atoms with Crippen LogP contribution in [0.5, 0.6) is 0 Å². The minimum atomic E-state index is -0.187. The van der Waals surface area contributed by atoms with Crippen LogP contribution in [0.4, 0.5) is 5.69 Å². The van der Waals surface area contributed by atoms with Gasteiger partial charge in [-0.3, -0.25) is 9.59 Å². The van der Waals surface area contributed by atoms with Gasteiger partial charge < -0.3 is 16.0 Å². The zero-order valence-electron chi connectivity index (χ0n) is 12.4. The molecule has 0 fully saturated rings. The third-order valence-corrected chi connectivity index (χ3v) is 3.17. The number of amides is 2. The molecule has 0 aliphatic carbocycles. The van der Waals surface area contributed by atoms with Crippen LogP contribution in [0.15, 0.2) is 54.6 Å². The van der Waals surface area contributed by atoms with Gasteiger partial charge in [-0.15, -0.1) is 0 Å². The van der Waals surface area contributed by atoms with Crippen LogP contribution in [0, 0.1) is 0 Å². The summed E-state index contributed by atoms with van der Waals surface area (Å²) >= 11 is 0. The lowest BCUT2D eigenvalue weighted by molar-refractivity contribution is -0.119. The normalized spacial score (nSPS) is 9.86. The van der Waals surface area contributed by atoms with Crippen LogP contribution in [-0.2, 0) is 11.3 Å². The Morgan fingerprint density at radius 2 is 1.64 bits per heavy atom. The van der Waals surface area contributed by atoms with E-state index in [9.17, 15) is 9.59 Å². The zero-order valence-corrected chi connectivity index (χ0v) is 12.4. The second-order valence-electron chi connectivity index (χ2n) is 4.74. The third kappa shape index (κ3) is 4.34. The molecule has 0 saturated carbocycles. The van der Waals surface area contributed by atoms with E-state index in [0.29, 0.717) is 17.8 Å². The molecular weight excluding hydrogens is 278 g/mol. The highest BCUT2D eigenvalue weighted by atomic mass is 16.2. The largest absolute Gasteiger partial charge is 0.376 e. The van der Waals surface area contributed by atoms with Crippen LogP contribution in [0.2, 0.25) is 0 Å². The van der Waals surface area contributed by atoms with Gasteiger partial charge in [0.05, 0.1) is 12.1 Å². The first-order valence-electron chi connectivity index (χ1n) is 7.06. The molecule has 5 nitrogen and oxygen atoms in total. The first-order chi connectivity index (χ1) is 10.7. The number of benzene rings is 2. The maximum Gasteiger partial charge on any atom is 0.253 e. The van der Waals surface area contributed by atoms with E-state index in [2.05, 4.69) is 16.0 Å². The van der Waals surface area contributed by atoms with E-state index in [1.807, 2.05) is 36.4 Å². The van der Waals surface area contributed by atoms with E-state index in [1.54, 1.807) is 25.2 Å². The molecule has 5 heteroatoms. The summed E-state index contributed by atoms with van der Waals surface area (Å²) in [5, 5.41) is 8.40. The third-order valence-electron chi connectivity index (χ3n) is 3.17. The van der Waals surface area contributed by atoms with E-state index >= 15 is 0 Å². The zero-order chi connectivity index (χ0) is 15.8. The van der Waals surface area contributed by atoms with Crippen molar-refractivity contribution >= 4 is 17.5 Å². The van der Waals surface area contributed by atoms with E-state index in [4.69, 9.17) is 0 Å². The summed E-state index contributed by atoms with van der Waals surface area (Å²) in [4.78, 5) is 23.6. The summed E-state index contributed by atoms with van der Waals surface area (Å²) in [5.41, 5.74) is 2.19. The Morgan fingerprint density at radius 3 is 2.36 bits per heavy atom. The molecule has 0 saturated heterocycles. The lowest BCUT2D eigenvalue weighted by Gasteiger charge is -2.11. The molecule has 2 rings (SSSR count). The Labute approximate surface area is 129 Å². The molecule has 0 unspecified atom stereocenters. The molecule has 22 heavy (non-hydrogen) atoms. The quantitative estimate of drug-likeness (QED) is 0.761. The number of carbonyl (C=O) groups excluding carboxylic acids is 2. The number of anilines is 1. The highest BCUT2D eigenvalue weighted by molar-refractivity contribution is 5.99. The first-order valence-corrected chi connectivity index (χ1v) is 7.06. The van der Waals surface area contributed by atoms with Crippen LogP contribution < -0.4 is 16.0 Å². The van der Waals surface area contributed by atoms with Gasteiger partial charge in [0.1, 0.15) is 0 Å². The average molecular weight is 297 g/mol. The Hall–Kier alpha value is -2.82. The van der Waals surface area contributed by atoms with Gasteiger partial charge in [0.25, 0.3) is 5.91 Å². The number of carbonyl (C=O) groups is 2. The highest BCUT2D eigenvalue weighted by Crippen LogP contribution is 2.14. The van der Waals surface area contributed by atoms with Crippen molar-refractivity contribution in [2.75, 3.05) is 18.9 Å². The number of hydrogen-bond acceptors (Lipinski definition) is 3. The number of nitrogens with one attached hydrogen (secondary N) is 3. The maximum atomic E-state index is 11.9. The Kier molecular flexibility index (Phi) is 5.54. The topological polar surface area (TPSA) is 70.2 Å². The molecule has 2 aromatic carbocycles. The summed E-state index contributed by atoms with van der Waals surface area (Å²) in [7, 11) is 1.58. The number of rotatable bonds is 6. The molecule has 0 radical (unpaired) electrons. The Balaban J connectivity index is 1.87. The lowest BCUT2D eigenvalue weighted by Crippen LogP contribution is -2.30. The van der Waals surface area contributed by atoms with Crippen molar-refractivity contribution in [2.24, 2.45) is 0 Å². The van der Waals surface area contributed by atoms with Crippen LogP contribution >= 0.6 is 0 Å². The minimum absolute atomic E-state index is 0.112. The molecule has 3 N–H and O–H groups in total. The van der Waals surface area contributed by atoms with Crippen LogP contribution in [0.25, 0.3) is 0 Å². The summed E-state index contributed by atoms with van der Waals surface area (Å²) in [6.07, 6.45) is 0. The second-order valence-corrected chi connectivity index (χ2v) is 4.74. The number of para-hydroxylation sites is 1. The first kappa shape index (κ1) is 15.6. The smallest absolute Gasteiger partial charge is 0.253 e. The predicted octanol–water partition coefficient (Wildman–Crippen LogP) is 1.77. The predicted molar refractivity (Wildman–Crippen MR) is 86.6 cm³/mol. The molecule has 0 aliphatic rings. The van der Waals surface area contributed by atoms with E-state index in [0.717, 1.165) is 5.56 Å². The van der Waals surface area contributed by atoms with Crippen molar-refractivity contribution in [3.8, 4) is 0 Å². The van der Waals surface area contributed by atoms with Crippen LogP contribution in [0.3, 0.4) is 0 Å². The highest BCUT2D eigenvalue weighted by Gasteiger charge is 2.09. The molecule has 0 spiro atoms. The fourth-order valence-electron chi connectivity index (χ4n) is 2.00. The van der Waals surface area contributed by atoms with E-state index in [-0.39, 0.29) is 18.4 Å². The van der Waals surface area contributed by atoms with Gasteiger partial charge in [-0.1, -0.05) is 42.5 Å². The van der Waals surface area contributed by atoms with E-state index < -0.39 is 0 Å². The van der Waals surface area contributed by atoms with Crippen molar-refractivity contribution in [1.29, 1.82) is 0 Å². The minimum Gasteiger partial charge on any atom is -0.376 e. The molecule has 2 aromatic rings. The standard InChI is InChI=1S/C17H19N3O2/c1-18-17(22)14-9-5-6-10-15(14)19-12-16(21)20-11-13-7-3-2-4-8-13/h2-10,19H,11-12H2,1H3,(H,18,22)(H,20,21). The lowest BCUT2D eigenvalue weighted by atomic mass is 10.1. The van der Waals surface area contributed by atoms with Crippen molar-refractivity contribution in [1.82, 2.24) is 10.6 Å². The van der Waals surface area contributed by atoms with Crippen LogP contribution in [-0.4, -0.2) is 25.4 Å². The summed E-state index contributed by atoms with van der Waals surface area (Å²) < 4.78 is 0. The van der Waals surface area contributed by atoms with Crippen molar-refractivity contribution in [2.45, 2.75) is 6.54 Å². The SMILES string of the molecule is CNC(=O)c1ccccc1NCC(=O)NCc1ccccc1. The molecule has 0 heterocycles. The van der Waals surface area contributed by atoms with E-state index in [1.165, 1.54) is 0 Å². The Morgan fingerprint density at radius 1 is 0.955 bits per heavy atom. The van der Waals surface area contributed by atoms with Crippen LogP contribution in [0.1, 0.15) is 15.9 Å². The fraction of sp³-hybridized carbons (Fsp3) is 0.176. The van der Waals surface area contributed by atoms with Gasteiger partial charge in [-0.2, -0.15) is 0 Å². The van der Waals surface area contributed by atoms with Crippen molar-refractivity contribution < 1.29 is 9.59 Å². The van der Waals surface area contributed by atoms with Gasteiger partial charge in [0, 0.05) is 19.3 Å². The van der Waals surface area contributed by atoms with Gasteiger partial charge >= 0.3 is 0 Å². The molecular formula is C17H19N3O2.